The molecule has 0 saturated heterocycles. The number of rotatable bonds is 5. The molecule has 0 radical (unpaired) electrons. The van der Waals surface area contributed by atoms with E-state index in [-0.39, 0.29) is 17.2 Å². The van der Waals surface area contributed by atoms with E-state index in [4.69, 9.17) is 0 Å². The number of fused-ring (bicyclic) bond motifs is 3. The first-order valence-corrected chi connectivity index (χ1v) is 9.04. The molecule has 2 aromatic heterocycles. The summed E-state index contributed by atoms with van der Waals surface area (Å²) in [5, 5.41) is 3.95. The third-order valence-electron chi connectivity index (χ3n) is 3.59. The smallest absolute Gasteiger partial charge is 0.260 e. The molecule has 0 unspecified atom stereocenters. The van der Waals surface area contributed by atoms with Gasteiger partial charge in [-0.05, 0) is 31.2 Å². The monoisotopic (exact) mass is 335 g/mol. The van der Waals surface area contributed by atoms with Crippen molar-refractivity contribution in [2.45, 2.75) is 30.8 Å². The molecule has 0 bridgehead atoms. The van der Waals surface area contributed by atoms with Gasteiger partial charge in [-0.1, -0.05) is 17.8 Å². The SMILES string of the molecule is C=CCNC(=O)CSc1nc2sc3c(c2c(=O)[nH]1)CCCC3. The van der Waals surface area contributed by atoms with Crippen LogP contribution in [0.4, 0.5) is 0 Å². The van der Waals surface area contributed by atoms with Crippen LogP contribution in [-0.2, 0) is 17.6 Å². The van der Waals surface area contributed by atoms with E-state index in [2.05, 4.69) is 21.9 Å². The highest BCUT2D eigenvalue weighted by atomic mass is 32.2. The van der Waals surface area contributed by atoms with Crippen LogP contribution in [0.15, 0.2) is 22.6 Å². The molecule has 1 aliphatic carbocycles. The summed E-state index contributed by atoms with van der Waals surface area (Å²) in [6.07, 6.45) is 5.96. The Hall–Kier alpha value is -1.60. The Labute approximate surface area is 136 Å². The van der Waals surface area contributed by atoms with Gasteiger partial charge in [-0.3, -0.25) is 9.59 Å². The highest BCUT2D eigenvalue weighted by Gasteiger charge is 2.19. The summed E-state index contributed by atoms with van der Waals surface area (Å²) >= 11 is 2.87. The molecule has 2 N–H and O–H groups in total. The van der Waals surface area contributed by atoms with Crippen LogP contribution in [0.2, 0.25) is 0 Å². The van der Waals surface area contributed by atoms with E-state index >= 15 is 0 Å². The zero-order chi connectivity index (χ0) is 15.5. The van der Waals surface area contributed by atoms with Gasteiger partial charge in [0.2, 0.25) is 5.91 Å². The number of thioether (sulfide) groups is 1. The van der Waals surface area contributed by atoms with Crippen LogP contribution in [0.25, 0.3) is 10.2 Å². The number of nitrogens with zero attached hydrogens (tertiary/aromatic N) is 1. The number of hydrogen-bond donors (Lipinski definition) is 2. The first-order chi connectivity index (χ1) is 10.7. The maximum absolute atomic E-state index is 12.3. The van der Waals surface area contributed by atoms with E-state index in [1.165, 1.54) is 28.6 Å². The average molecular weight is 335 g/mol. The van der Waals surface area contributed by atoms with Crippen LogP contribution >= 0.6 is 23.1 Å². The van der Waals surface area contributed by atoms with Crippen LogP contribution in [0.1, 0.15) is 23.3 Å². The van der Waals surface area contributed by atoms with E-state index in [9.17, 15) is 9.59 Å². The zero-order valence-electron chi connectivity index (χ0n) is 12.1. The topological polar surface area (TPSA) is 74.8 Å². The number of aryl methyl sites for hydroxylation is 2. The van der Waals surface area contributed by atoms with Crippen LogP contribution < -0.4 is 10.9 Å². The van der Waals surface area contributed by atoms with Crippen molar-refractivity contribution in [2.24, 2.45) is 0 Å². The number of carbonyl (C=O) groups is 1. The van der Waals surface area contributed by atoms with E-state index in [0.717, 1.165) is 29.5 Å². The van der Waals surface area contributed by atoms with Crippen LogP contribution in [0.5, 0.6) is 0 Å². The van der Waals surface area contributed by atoms with Crippen molar-refractivity contribution in [3.8, 4) is 0 Å². The van der Waals surface area contributed by atoms with Gasteiger partial charge >= 0.3 is 0 Å². The van der Waals surface area contributed by atoms with Crippen molar-refractivity contribution in [1.82, 2.24) is 15.3 Å². The van der Waals surface area contributed by atoms with Crippen molar-refractivity contribution in [3.05, 3.63) is 33.4 Å². The third kappa shape index (κ3) is 3.10. The summed E-state index contributed by atoms with van der Waals surface area (Å²) in [4.78, 5) is 33.3. The van der Waals surface area contributed by atoms with E-state index in [1.807, 2.05) is 0 Å². The van der Waals surface area contributed by atoms with Crippen molar-refractivity contribution in [2.75, 3.05) is 12.3 Å². The van der Waals surface area contributed by atoms with Gasteiger partial charge in [0.25, 0.3) is 5.56 Å². The lowest BCUT2D eigenvalue weighted by Gasteiger charge is -2.09. The quantitative estimate of drug-likeness (QED) is 0.499. The molecule has 3 rings (SSSR count). The molecule has 22 heavy (non-hydrogen) atoms. The maximum Gasteiger partial charge on any atom is 0.260 e. The van der Waals surface area contributed by atoms with Gasteiger partial charge in [0.1, 0.15) is 4.83 Å². The van der Waals surface area contributed by atoms with Gasteiger partial charge in [0.05, 0.1) is 11.1 Å². The van der Waals surface area contributed by atoms with Crippen molar-refractivity contribution >= 4 is 39.2 Å². The molecule has 2 aromatic rings. The molecule has 0 spiro atoms. The number of aromatic amines is 1. The normalized spacial score (nSPS) is 13.8. The second kappa shape index (κ2) is 6.66. The summed E-state index contributed by atoms with van der Waals surface area (Å²) in [6.45, 7) is 3.99. The minimum Gasteiger partial charge on any atom is -0.352 e. The minimum atomic E-state index is -0.0990. The Morgan fingerprint density at radius 3 is 3.09 bits per heavy atom. The molecule has 1 amide bonds. The number of nitrogens with one attached hydrogen (secondary N) is 2. The second-order valence-electron chi connectivity index (χ2n) is 5.14. The molecule has 0 fully saturated rings. The number of carbonyl (C=O) groups excluding carboxylic acids is 1. The fourth-order valence-corrected chi connectivity index (χ4v) is 4.59. The Bertz CT molecular complexity index is 779. The van der Waals surface area contributed by atoms with E-state index in [0.29, 0.717) is 11.7 Å². The predicted octanol–water partition coefficient (Wildman–Crippen LogP) is 2.26. The van der Waals surface area contributed by atoms with Gasteiger partial charge in [0.15, 0.2) is 5.16 Å². The van der Waals surface area contributed by atoms with Gasteiger partial charge < -0.3 is 10.3 Å². The highest BCUT2D eigenvalue weighted by Crippen LogP contribution is 2.34. The molecule has 1 aliphatic rings. The summed E-state index contributed by atoms with van der Waals surface area (Å²) in [5.74, 6) is 0.131. The molecule has 5 nitrogen and oxygen atoms in total. The lowest BCUT2D eigenvalue weighted by atomic mass is 9.97. The molecular formula is C15H17N3O2S2. The van der Waals surface area contributed by atoms with E-state index in [1.54, 1.807) is 17.4 Å². The predicted molar refractivity (Wildman–Crippen MR) is 90.8 cm³/mol. The summed E-state index contributed by atoms with van der Waals surface area (Å²) in [5.41, 5.74) is 1.10. The largest absolute Gasteiger partial charge is 0.352 e. The van der Waals surface area contributed by atoms with Gasteiger partial charge in [-0.2, -0.15) is 0 Å². The fourth-order valence-electron chi connectivity index (χ4n) is 2.58. The molecule has 0 aromatic carbocycles. The molecule has 2 heterocycles. The van der Waals surface area contributed by atoms with Crippen LogP contribution in [0.3, 0.4) is 0 Å². The number of H-pyrrole nitrogens is 1. The summed E-state index contributed by atoms with van der Waals surface area (Å²) in [7, 11) is 0. The molecule has 0 aliphatic heterocycles. The molecule has 0 saturated carbocycles. The van der Waals surface area contributed by atoms with Crippen molar-refractivity contribution in [3.63, 3.8) is 0 Å². The molecule has 0 atom stereocenters. The Morgan fingerprint density at radius 1 is 1.45 bits per heavy atom. The van der Waals surface area contributed by atoms with Gasteiger partial charge in [-0.15, -0.1) is 17.9 Å². The number of thiophene rings is 1. The fraction of sp³-hybridized carbons (Fsp3) is 0.400. The van der Waals surface area contributed by atoms with Gasteiger partial charge in [-0.25, -0.2) is 4.98 Å². The molecular weight excluding hydrogens is 318 g/mol. The summed E-state index contributed by atoms with van der Waals surface area (Å²) < 4.78 is 0. The number of amides is 1. The first-order valence-electron chi connectivity index (χ1n) is 7.24. The van der Waals surface area contributed by atoms with Crippen LogP contribution in [0, 0.1) is 0 Å². The zero-order valence-corrected chi connectivity index (χ0v) is 13.7. The van der Waals surface area contributed by atoms with Crippen molar-refractivity contribution < 1.29 is 4.79 Å². The molecule has 116 valence electrons. The molecule has 7 heteroatoms. The van der Waals surface area contributed by atoms with Crippen molar-refractivity contribution in [1.29, 1.82) is 0 Å². The Morgan fingerprint density at radius 2 is 2.27 bits per heavy atom. The Kier molecular flexibility index (Phi) is 4.63. The average Bonchev–Trinajstić information content (AvgIpc) is 2.89. The summed E-state index contributed by atoms with van der Waals surface area (Å²) in [6, 6.07) is 0. The standard InChI is InChI=1S/C15H17N3O2S2/c1-2-7-16-11(19)8-21-15-17-13(20)12-9-5-3-4-6-10(9)22-14(12)18-15/h2H,1,3-8H2,(H,16,19)(H,17,18,20). The van der Waals surface area contributed by atoms with Gasteiger partial charge in [0, 0.05) is 11.4 Å². The third-order valence-corrected chi connectivity index (χ3v) is 5.65. The number of hydrogen-bond acceptors (Lipinski definition) is 5. The highest BCUT2D eigenvalue weighted by molar-refractivity contribution is 7.99. The number of aromatic nitrogens is 2. The van der Waals surface area contributed by atoms with Crippen LogP contribution in [-0.4, -0.2) is 28.2 Å². The Balaban J connectivity index is 1.82. The first kappa shape index (κ1) is 15.3. The lowest BCUT2D eigenvalue weighted by Crippen LogP contribution is -2.25. The van der Waals surface area contributed by atoms with E-state index < -0.39 is 0 Å². The lowest BCUT2D eigenvalue weighted by molar-refractivity contribution is -0.118. The minimum absolute atomic E-state index is 0.0848. The maximum atomic E-state index is 12.3. The second-order valence-corrected chi connectivity index (χ2v) is 7.19.